The summed E-state index contributed by atoms with van der Waals surface area (Å²) in [5.74, 6) is 0. The molecule has 1 fully saturated rings. The van der Waals surface area contributed by atoms with E-state index in [-0.39, 0.29) is 0 Å². The fourth-order valence-corrected chi connectivity index (χ4v) is 1.38. The van der Waals surface area contributed by atoms with Gasteiger partial charge in [-0.3, -0.25) is 4.98 Å². The Morgan fingerprint density at radius 1 is 1.42 bits per heavy atom. The molecule has 0 unspecified atom stereocenters. The molecule has 0 bridgehead atoms. The van der Waals surface area contributed by atoms with Crippen LogP contribution in [0.5, 0.6) is 0 Å². The largest absolute Gasteiger partial charge is 0.262 e. The van der Waals surface area contributed by atoms with Crippen molar-refractivity contribution in [3.63, 3.8) is 0 Å². The molecule has 3 rings (SSSR count). The molecule has 60 valence electrons. The molecule has 2 aromatic heterocycles. The molecule has 1 saturated carbocycles. The highest BCUT2D eigenvalue weighted by atomic mass is 15.4. The quantitative estimate of drug-likeness (QED) is 0.628. The van der Waals surface area contributed by atoms with Gasteiger partial charge in [0.1, 0.15) is 5.52 Å². The van der Waals surface area contributed by atoms with E-state index in [9.17, 15) is 0 Å². The van der Waals surface area contributed by atoms with Crippen LogP contribution in [0.3, 0.4) is 0 Å². The number of hydrogen-bond acceptors (Lipinski definition) is 3. The van der Waals surface area contributed by atoms with Gasteiger partial charge in [-0.1, -0.05) is 5.21 Å². The van der Waals surface area contributed by atoms with Gasteiger partial charge in [-0.05, 0) is 18.9 Å². The highest BCUT2D eigenvalue weighted by molar-refractivity contribution is 5.72. The van der Waals surface area contributed by atoms with Gasteiger partial charge in [-0.25, -0.2) is 4.68 Å². The van der Waals surface area contributed by atoms with Gasteiger partial charge in [0.2, 0.25) is 0 Å². The van der Waals surface area contributed by atoms with Crippen molar-refractivity contribution in [3.8, 4) is 0 Å². The molecular weight excluding hydrogens is 152 g/mol. The first-order chi connectivity index (χ1) is 5.95. The first-order valence-electron chi connectivity index (χ1n) is 4.10. The first-order valence-corrected chi connectivity index (χ1v) is 4.10. The third kappa shape index (κ3) is 0.747. The average molecular weight is 160 g/mol. The maximum Gasteiger partial charge on any atom is 0.131 e. The molecule has 0 radical (unpaired) electrons. The van der Waals surface area contributed by atoms with E-state index in [1.54, 1.807) is 12.4 Å². The smallest absolute Gasteiger partial charge is 0.131 e. The van der Waals surface area contributed by atoms with Crippen LogP contribution in [0.4, 0.5) is 0 Å². The molecular formula is C8H8N4. The monoisotopic (exact) mass is 160 g/mol. The van der Waals surface area contributed by atoms with Crippen LogP contribution in [0.1, 0.15) is 18.9 Å². The Kier molecular flexibility index (Phi) is 1.03. The molecule has 4 heteroatoms. The minimum absolute atomic E-state index is 0.595. The van der Waals surface area contributed by atoms with Gasteiger partial charge in [0, 0.05) is 6.20 Å². The number of rotatable bonds is 1. The Balaban J connectivity index is 2.30. The van der Waals surface area contributed by atoms with Gasteiger partial charge >= 0.3 is 0 Å². The first kappa shape index (κ1) is 6.11. The number of nitrogens with zero attached hydrogens (tertiary/aromatic N) is 4. The van der Waals surface area contributed by atoms with Gasteiger partial charge in [0.25, 0.3) is 0 Å². The van der Waals surface area contributed by atoms with E-state index in [0.29, 0.717) is 6.04 Å². The predicted molar refractivity (Wildman–Crippen MR) is 43.6 cm³/mol. The fraction of sp³-hybridized carbons (Fsp3) is 0.375. The zero-order valence-electron chi connectivity index (χ0n) is 6.51. The molecule has 0 atom stereocenters. The van der Waals surface area contributed by atoms with E-state index in [2.05, 4.69) is 15.3 Å². The molecule has 2 heterocycles. The number of hydrogen-bond donors (Lipinski definition) is 0. The summed E-state index contributed by atoms with van der Waals surface area (Å²) in [6.07, 6.45) is 6.01. The van der Waals surface area contributed by atoms with Crippen LogP contribution in [0, 0.1) is 0 Å². The second kappa shape index (κ2) is 2.03. The number of pyridine rings is 1. The van der Waals surface area contributed by atoms with Gasteiger partial charge in [0.15, 0.2) is 0 Å². The highest BCUT2D eigenvalue weighted by Gasteiger charge is 2.26. The summed E-state index contributed by atoms with van der Waals surface area (Å²) in [5.41, 5.74) is 2.00. The molecule has 0 aromatic carbocycles. The Morgan fingerprint density at radius 2 is 2.33 bits per heavy atom. The third-order valence-corrected chi connectivity index (χ3v) is 2.17. The standard InChI is InChI=1S/C8H8N4/c1-2-6(1)12-8-3-4-9-5-7(8)10-11-12/h3-6H,1-2H2. The van der Waals surface area contributed by atoms with Crippen LogP contribution in [-0.2, 0) is 0 Å². The summed E-state index contributed by atoms with van der Waals surface area (Å²) in [5, 5.41) is 8.11. The molecule has 1 aliphatic carbocycles. The van der Waals surface area contributed by atoms with E-state index in [1.165, 1.54) is 12.8 Å². The topological polar surface area (TPSA) is 43.6 Å². The summed E-state index contributed by atoms with van der Waals surface area (Å²) in [7, 11) is 0. The minimum Gasteiger partial charge on any atom is -0.262 e. The lowest BCUT2D eigenvalue weighted by atomic mass is 10.4. The van der Waals surface area contributed by atoms with Crippen LogP contribution in [0.15, 0.2) is 18.5 Å². The average Bonchev–Trinajstić information content (AvgIpc) is 2.86. The molecule has 0 saturated heterocycles. The molecule has 0 aliphatic heterocycles. The van der Waals surface area contributed by atoms with Gasteiger partial charge in [-0.2, -0.15) is 0 Å². The van der Waals surface area contributed by atoms with Crippen LogP contribution in [0.25, 0.3) is 11.0 Å². The van der Waals surface area contributed by atoms with Crippen LogP contribution < -0.4 is 0 Å². The van der Waals surface area contributed by atoms with Gasteiger partial charge in [-0.15, -0.1) is 5.10 Å². The second-order valence-electron chi connectivity index (χ2n) is 3.13. The Labute approximate surface area is 69.2 Å². The molecule has 4 nitrogen and oxygen atoms in total. The van der Waals surface area contributed by atoms with E-state index in [1.807, 2.05) is 10.7 Å². The summed E-state index contributed by atoms with van der Waals surface area (Å²) in [6, 6.07) is 2.56. The number of aromatic nitrogens is 4. The Morgan fingerprint density at radius 3 is 3.17 bits per heavy atom. The van der Waals surface area contributed by atoms with Crippen molar-refractivity contribution in [1.82, 2.24) is 20.0 Å². The van der Waals surface area contributed by atoms with E-state index < -0.39 is 0 Å². The zero-order chi connectivity index (χ0) is 7.97. The summed E-state index contributed by atoms with van der Waals surface area (Å²) in [6.45, 7) is 0. The lowest BCUT2D eigenvalue weighted by Crippen LogP contribution is -1.95. The van der Waals surface area contributed by atoms with Gasteiger partial charge in [0.05, 0.1) is 17.8 Å². The molecule has 1 aliphatic rings. The summed E-state index contributed by atoms with van der Waals surface area (Å²) >= 11 is 0. The van der Waals surface area contributed by atoms with Crippen LogP contribution >= 0.6 is 0 Å². The summed E-state index contributed by atoms with van der Waals surface area (Å²) in [4.78, 5) is 3.99. The lowest BCUT2D eigenvalue weighted by molar-refractivity contribution is 0.630. The maximum atomic E-state index is 4.08. The van der Waals surface area contributed by atoms with Crippen molar-refractivity contribution in [3.05, 3.63) is 18.5 Å². The lowest BCUT2D eigenvalue weighted by Gasteiger charge is -1.95. The molecule has 0 spiro atoms. The van der Waals surface area contributed by atoms with E-state index in [0.717, 1.165) is 11.0 Å². The molecule has 0 N–H and O–H groups in total. The number of fused-ring (bicyclic) bond motifs is 1. The van der Waals surface area contributed by atoms with Crippen molar-refractivity contribution in [2.75, 3.05) is 0 Å². The van der Waals surface area contributed by atoms with Crippen molar-refractivity contribution in [1.29, 1.82) is 0 Å². The van der Waals surface area contributed by atoms with Crippen LogP contribution in [-0.4, -0.2) is 20.0 Å². The van der Waals surface area contributed by atoms with Crippen molar-refractivity contribution in [2.45, 2.75) is 18.9 Å². The van der Waals surface area contributed by atoms with Crippen molar-refractivity contribution < 1.29 is 0 Å². The SMILES string of the molecule is c1cc2c(cn1)nnn2C1CC1. The fourth-order valence-electron chi connectivity index (χ4n) is 1.38. The predicted octanol–water partition coefficient (Wildman–Crippen LogP) is 1.16. The molecule has 0 amide bonds. The second-order valence-corrected chi connectivity index (χ2v) is 3.13. The normalized spacial score (nSPS) is 17.0. The Hall–Kier alpha value is -1.45. The Bertz CT molecular complexity index is 416. The van der Waals surface area contributed by atoms with E-state index in [4.69, 9.17) is 0 Å². The van der Waals surface area contributed by atoms with Crippen molar-refractivity contribution in [2.24, 2.45) is 0 Å². The maximum absolute atomic E-state index is 4.08. The van der Waals surface area contributed by atoms with Crippen LogP contribution in [0.2, 0.25) is 0 Å². The zero-order valence-corrected chi connectivity index (χ0v) is 6.51. The van der Waals surface area contributed by atoms with Crippen molar-refractivity contribution >= 4 is 11.0 Å². The molecule has 2 aromatic rings. The third-order valence-electron chi connectivity index (χ3n) is 2.17. The van der Waals surface area contributed by atoms with Gasteiger partial charge < -0.3 is 0 Å². The minimum atomic E-state index is 0.595. The summed E-state index contributed by atoms with van der Waals surface area (Å²) < 4.78 is 2.00. The van der Waals surface area contributed by atoms with E-state index >= 15 is 0 Å². The highest BCUT2D eigenvalue weighted by Crippen LogP contribution is 2.35. The molecule has 12 heavy (non-hydrogen) atoms.